The number of aromatic amines is 1. The number of imidazole rings is 1. The predicted octanol–water partition coefficient (Wildman–Crippen LogP) is 6.73. The van der Waals surface area contributed by atoms with Gasteiger partial charge in [-0.2, -0.15) is 34.8 Å². The fourth-order valence-corrected chi connectivity index (χ4v) is 11.6. The smallest absolute Gasteiger partial charge is 0.318 e. The quantitative estimate of drug-likeness (QED) is 0.114. The Balaban J connectivity index is 0.846. The number of anilines is 4. The van der Waals surface area contributed by atoms with Crippen LogP contribution in [0.25, 0.3) is 27.5 Å². The van der Waals surface area contributed by atoms with Gasteiger partial charge in [-0.15, -0.1) is 0 Å². The highest BCUT2D eigenvalue weighted by atomic mass is 35.5. The summed E-state index contributed by atoms with van der Waals surface area (Å²) in [4.78, 5) is 57.9. The number of fused-ring (bicyclic) bond motifs is 4. The summed E-state index contributed by atoms with van der Waals surface area (Å²) in [6.07, 6.45) is 6.78. The van der Waals surface area contributed by atoms with Gasteiger partial charge < -0.3 is 44.0 Å². The minimum Gasteiger partial charge on any atom is -0.462 e. The van der Waals surface area contributed by atoms with Crippen LogP contribution in [-0.4, -0.2) is 158 Å². The summed E-state index contributed by atoms with van der Waals surface area (Å²) in [5.41, 5.74) is 5.06. The molecule has 3 saturated heterocycles. The van der Waals surface area contributed by atoms with E-state index in [1.807, 2.05) is 23.2 Å². The van der Waals surface area contributed by atoms with Crippen LogP contribution < -0.4 is 24.3 Å². The summed E-state index contributed by atoms with van der Waals surface area (Å²) in [6, 6.07) is 17.1. The van der Waals surface area contributed by atoms with Gasteiger partial charge in [0.2, 0.25) is 11.9 Å². The second-order valence-corrected chi connectivity index (χ2v) is 21.1. The molecule has 1 aliphatic carbocycles. The molecule has 8 heterocycles. The van der Waals surface area contributed by atoms with E-state index in [-0.39, 0.29) is 49.1 Å². The number of halogens is 3. The number of hydrogen-bond donors (Lipinski definition) is 1. The number of nitrogens with one attached hydrogen (secondary N) is 1. The van der Waals surface area contributed by atoms with Gasteiger partial charge >= 0.3 is 6.01 Å². The number of benzene rings is 3. The number of nitrogens with zero attached hydrogens (tertiary/aromatic N) is 15. The lowest BCUT2D eigenvalue weighted by Crippen LogP contribution is -2.56. The van der Waals surface area contributed by atoms with E-state index in [9.17, 15) is 9.65 Å². The number of nitriles is 1. The first-order chi connectivity index (χ1) is 36.5. The number of hydrogen-bond acceptors (Lipinski definition) is 15. The van der Waals surface area contributed by atoms with Crippen LogP contribution in [0.2, 0.25) is 5.02 Å². The summed E-state index contributed by atoms with van der Waals surface area (Å²) in [7, 11) is 4.21. The third-order valence-electron chi connectivity index (χ3n) is 15.7. The molecule has 1 saturated carbocycles. The van der Waals surface area contributed by atoms with Gasteiger partial charge in [0.1, 0.15) is 23.8 Å². The second kappa shape index (κ2) is 20.1. The van der Waals surface area contributed by atoms with Crippen LogP contribution in [0.5, 0.6) is 6.01 Å². The Kier molecular flexibility index (Phi) is 13.1. The SMILES string of the molecule is C=C(CN(Cc1nc2c(F)c(F)ccc2[nH]1)c1nc(N2CCN(C)CC2)nc2c(C3CC3)cnn12)C(=O)N1CCN(c2nc(OC[C@@H]3CCCN3C)nc3c2CCN(c2cccc4cccc(Cl)c24)C3)C[C@@H]1CC#N. The van der Waals surface area contributed by atoms with Crippen LogP contribution in [0.3, 0.4) is 0 Å². The van der Waals surface area contributed by atoms with Crippen molar-refractivity contribution in [2.75, 3.05) is 106 Å². The molecule has 4 aliphatic heterocycles. The highest BCUT2D eigenvalue weighted by Crippen LogP contribution is 2.43. The average Bonchev–Trinajstić information content (AvgIpc) is 3.81. The van der Waals surface area contributed by atoms with Crippen molar-refractivity contribution < 1.29 is 18.3 Å². The fourth-order valence-electron chi connectivity index (χ4n) is 11.3. The number of rotatable bonds is 14. The number of carbonyl (C=O) groups is 1. The molecule has 388 valence electrons. The van der Waals surface area contributed by atoms with E-state index in [1.165, 1.54) is 6.07 Å². The van der Waals surface area contributed by atoms with E-state index in [0.717, 1.165) is 90.5 Å². The van der Waals surface area contributed by atoms with Crippen LogP contribution in [-0.2, 0) is 24.3 Å². The molecule has 5 aliphatic rings. The number of amides is 1. The molecule has 0 radical (unpaired) electrons. The van der Waals surface area contributed by atoms with Gasteiger partial charge in [-0.25, -0.2) is 13.8 Å². The molecule has 75 heavy (non-hydrogen) atoms. The molecular weight excluding hydrogens is 978 g/mol. The maximum atomic E-state index is 15.1. The number of piperazine rings is 2. The molecule has 12 rings (SSSR count). The highest BCUT2D eigenvalue weighted by molar-refractivity contribution is 6.36. The molecule has 21 heteroatoms. The zero-order chi connectivity index (χ0) is 51.5. The summed E-state index contributed by atoms with van der Waals surface area (Å²) in [5.74, 6) is -0.0382. The third kappa shape index (κ3) is 9.50. The largest absolute Gasteiger partial charge is 0.462 e. The van der Waals surface area contributed by atoms with E-state index in [4.69, 9.17) is 41.4 Å². The van der Waals surface area contributed by atoms with E-state index in [1.54, 1.807) is 9.42 Å². The first kappa shape index (κ1) is 48.7. The Hall–Kier alpha value is -7.21. The van der Waals surface area contributed by atoms with E-state index in [2.05, 4.69) is 85.5 Å². The van der Waals surface area contributed by atoms with Gasteiger partial charge in [-0.05, 0) is 88.3 Å². The lowest BCUT2D eigenvalue weighted by Gasteiger charge is -2.43. The fraction of sp³-hybridized carbons (Fsp3) is 0.444. The molecule has 0 spiro atoms. The maximum absolute atomic E-state index is 15.1. The van der Waals surface area contributed by atoms with Crippen molar-refractivity contribution in [1.82, 2.24) is 54.2 Å². The van der Waals surface area contributed by atoms with Gasteiger partial charge in [0.05, 0.1) is 60.6 Å². The minimum atomic E-state index is -1.05. The highest BCUT2D eigenvalue weighted by Gasteiger charge is 2.37. The van der Waals surface area contributed by atoms with Crippen molar-refractivity contribution in [2.45, 2.75) is 69.6 Å². The van der Waals surface area contributed by atoms with Crippen molar-refractivity contribution in [1.29, 1.82) is 5.26 Å². The van der Waals surface area contributed by atoms with Crippen LogP contribution in [0.4, 0.5) is 32.2 Å². The molecule has 18 nitrogen and oxygen atoms in total. The van der Waals surface area contributed by atoms with Crippen LogP contribution in [0.1, 0.15) is 60.7 Å². The Bertz CT molecular complexity index is 3380. The normalized spacial score (nSPS) is 19.6. The molecule has 3 aromatic carbocycles. The monoisotopic (exact) mass is 1040 g/mol. The first-order valence-electron chi connectivity index (χ1n) is 26.0. The summed E-state index contributed by atoms with van der Waals surface area (Å²) in [5, 5.41) is 17.9. The molecule has 0 unspecified atom stereocenters. The van der Waals surface area contributed by atoms with Crippen molar-refractivity contribution in [3.05, 3.63) is 106 Å². The van der Waals surface area contributed by atoms with Gasteiger partial charge in [-0.3, -0.25) is 4.79 Å². The minimum absolute atomic E-state index is 0.00950. The Labute approximate surface area is 438 Å². The predicted molar refractivity (Wildman–Crippen MR) is 284 cm³/mol. The Morgan fingerprint density at radius 2 is 1.73 bits per heavy atom. The van der Waals surface area contributed by atoms with Crippen molar-refractivity contribution >= 4 is 68.4 Å². The molecule has 1 N–H and O–H groups in total. The third-order valence-corrected chi connectivity index (χ3v) is 16.0. The number of ether oxygens (including phenoxy) is 1. The lowest BCUT2D eigenvalue weighted by molar-refractivity contribution is -0.129. The lowest BCUT2D eigenvalue weighted by atomic mass is 10.0. The number of H-pyrrole nitrogens is 1. The van der Waals surface area contributed by atoms with Crippen LogP contribution in [0.15, 0.2) is 66.9 Å². The standard InChI is InChI=1S/C54H59ClF2N16O2/c1-33(28-71(31-45-60-42-15-14-41(56)47(57)48(42)62-45)54-65-52(68-23-21-66(2)22-24-68)63-50-39(34-12-13-34)27-59-73(50)54)51(74)72-26-25-70(29-36(72)16-18-58)49-38-17-20-69(44-11-5-8-35-7-4-10-40(55)46(35)44)30-43(38)61-53(64-49)75-32-37-9-6-19-67(37)3/h4-5,7-8,10-11,14-15,27,34,36-37H,1,6,9,12-13,16-17,19-26,28-32H2,2-3H3,(H,60,62)/t36-,37-/m0/s1. The first-order valence-corrected chi connectivity index (χ1v) is 26.4. The molecule has 1 amide bonds. The van der Waals surface area contributed by atoms with E-state index >= 15 is 9.18 Å². The Morgan fingerprint density at radius 3 is 2.52 bits per heavy atom. The van der Waals surface area contributed by atoms with Gasteiger partial charge in [0.15, 0.2) is 17.3 Å². The van der Waals surface area contributed by atoms with Gasteiger partial charge in [0.25, 0.3) is 5.91 Å². The van der Waals surface area contributed by atoms with Crippen molar-refractivity contribution in [2.24, 2.45) is 0 Å². The summed E-state index contributed by atoms with van der Waals surface area (Å²) >= 11 is 6.84. The van der Waals surface area contributed by atoms with Crippen molar-refractivity contribution in [3.63, 3.8) is 0 Å². The van der Waals surface area contributed by atoms with Crippen LogP contribution >= 0.6 is 11.6 Å². The van der Waals surface area contributed by atoms with Gasteiger partial charge in [0, 0.05) is 86.2 Å². The zero-order valence-corrected chi connectivity index (χ0v) is 43.0. The summed E-state index contributed by atoms with van der Waals surface area (Å²) < 4.78 is 37.8. The number of likely N-dealkylation sites (N-methyl/N-ethyl adjacent to an activating group) is 2. The number of likely N-dealkylation sites (tertiary alicyclic amines) is 1. The average molecular weight is 1040 g/mol. The molecule has 7 aromatic rings. The number of aromatic nitrogens is 8. The Morgan fingerprint density at radius 1 is 0.920 bits per heavy atom. The van der Waals surface area contributed by atoms with Crippen molar-refractivity contribution in [3.8, 4) is 12.1 Å². The molecule has 4 fully saturated rings. The number of carbonyl (C=O) groups excluding carboxylic acids is 1. The maximum Gasteiger partial charge on any atom is 0.318 e. The second-order valence-electron chi connectivity index (χ2n) is 20.7. The van der Waals surface area contributed by atoms with Crippen LogP contribution in [0, 0.1) is 23.0 Å². The topological polar surface area (TPSA) is 170 Å². The van der Waals surface area contributed by atoms with E-state index < -0.39 is 17.7 Å². The molecule has 0 bridgehead atoms. The molecule has 4 aromatic heterocycles. The zero-order valence-electron chi connectivity index (χ0n) is 42.2. The molecule has 2 atom stereocenters. The van der Waals surface area contributed by atoms with Gasteiger partial charge in [-0.1, -0.05) is 42.4 Å². The van der Waals surface area contributed by atoms with E-state index in [0.29, 0.717) is 98.1 Å². The molecular formula is C54H59ClF2N16O2. The summed E-state index contributed by atoms with van der Waals surface area (Å²) in [6.45, 7) is 11.2.